The van der Waals surface area contributed by atoms with Crippen molar-refractivity contribution in [3.05, 3.63) is 63.9 Å². The number of rotatable bonds is 5. The zero-order valence-electron chi connectivity index (χ0n) is 14.5. The molecule has 1 amide bonds. The number of nitrogens with zero attached hydrogens (tertiary/aromatic N) is 3. The zero-order chi connectivity index (χ0) is 19.2. The predicted octanol–water partition coefficient (Wildman–Crippen LogP) is 3.40. The summed E-state index contributed by atoms with van der Waals surface area (Å²) in [6.07, 6.45) is 1.52. The molecule has 1 N–H and O–H groups in total. The van der Waals surface area contributed by atoms with Gasteiger partial charge in [-0.3, -0.25) is 9.69 Å². The molecule has 0 unspecified atom stereocenters. The number of hydrogen-bond donors (Lipinski definition) is 1. The molecule has 2 aromatic carbocycles. The van der Waals surface area contributed by atoms with E-state index in [9.17, 15) is 9.18 Å². The van der Waals surface area contributed by atoms with Crippen LogP contribution in [-0.2, 0) is 4.79 Å². The van der Waals surface area contributed by atoms with Crippen molar-refractivity contribution in [1.82, 2.24) is 10.3 Å². The van der Waals surface area contributed by atoms with Gasteiger partial charge in [-0.2, -0.15) is 5.10 Å². The maximum Gasteiger partial charge on any atom is 0.254 e. The van der Waals surface area contributed by atoms with Crippen molar-refractivity contribution in [2.24, 2.45) is 5.10 Å². The van der Waals surface area contributed by atoms with Crippen LogP contribution < -0.4 is 10.3 Å². The molecule has 2 aromatic rings. The summed E-state index contributed by atoms with van der Waals surface area (Å²) in [5.41, 5.74) is 4.26. The first-order valence-corrected chi connectivity index (χ1v) is 9.27. The van der Waals surface area contributed by atoms with Gasteiger partial charge in [-0.1, -0.05) is 29.3 Å². The number of hydrogen-bond acceptors (Lipinski definition) is 4. The number of anilines is 1. The largest absolute Gasteiger partial charge is 0.369 e. The lowest BCUT2D eigenvalue weighted by molar-refractivity contribution is -0.122. The van der Waals surface area contributed by atoms with Crippen LogP contribution in [0.2, 0.25) is 10.0 Å². The molecule has 1 aliphatic rings. The topological polar surface area (TPSA) is 47.9 Å². The highest BCUT2D eigenvalue weighted by atomic mass is 35.5. The van der Waals surface area contributed by atoms with Crippen LogP contribution in [0, 0.1) is 5.82 Å². The van der Waals surface area contributed by atoms with E-state index in [2.05, 4.69) is 20.3 Å². The second kappa shape index (κ2) is 9.17. The molecule has 1 fully saturated rings. The average Bonchev–Trinajstić information content (AvgIpc) is 2.66. The Morgan fingerprint density at radius 1 is 1.07 bits per heavy atom. The molecule has 142 valence electrons. The summed E-state index contributed by atoms with van der Waals surface area (Å²) in [5, 5.41) is 4.86. The number of benzene rings is 2. The lowest BCUT2D eigenvalue weighted by atomic mass is 10.2. The highest BCUT2D eigenvalue weighted by Gasteiger charge is 2.19. The van der Waals surface area contributed by atoms with Gasteiger partial charge in [0.1, 0.15) is 5.82 Å². The Morgan fingerprint density at radius 2 is 1.78 bits per heavy atom. The minimum atomic E-state index is -0.240. The van der Waals surface area contributed by atoms with E-state index >= 15 is 0 Å². The van der Waals surface area contributed by atoms with Gasteiger partial charge < -0.3 is 4.90 Å². The van der Waals surface area contributed by atoms with Crippen molar-refractivity contribution < 1.29 is 9.18 Å². The van der Waals surface area contributed by atoms with Gasteiger partial charge in [-0.15, -0.1) is 0 Å². The van der Waals surface area contributed by atoms with E-state index in [1.165, 1.54) is 18.3 Å². The summed E-state index contributed by atoms with van der Waals surface area (Å²) >= 11 is 11.8. The molecular weight excluding hydrogens is 390 g/mol. The van der Waals surface area contributed by atoms with Crippen molar-refractivity contribution in [2.45, 2.75) is 0 Å². The Morgan fingerprint density at radius 3 is 2.44 bits per heavy atom. The Kier molecular flexibility index (Phi) is 6.66. The van der Waals surface area contributed by atoms with Crippen LogP contribution in [0.15, 0.2) is 47.6 Å². The maximum absolute atomic E-state index is 13.0. The molecule has 0 bridgehead atoms. The minimum Gasteiger partial charge on any atom is -0.369 e. The molecule has 8 heteroatoms. The Labute approximate surface area is 167 Å². The summed E-state index contributed by atoms with van der Waals surface area (Å²) in [6.45, 7) is 3.34. The van der Waals surface area contributed by atoms with Crippen LogP contribution in [-0.4, -0.2) is 49.7 Å². The van der Waals surface area contributed by atoms with Gasteiger partial charge in [-0.05, 0) is 42.0 Å². The standard InChI is InChI=1S/C19H19Cl2FN4O/c20-17-6-1-14(11-18(17)21)12-23-24-19(27)13-25-7-9-26(10-8-25)16-4-2-15(22)3-5-16/h1-6,11-12H,7-10,13H2,(H,24,27)/b23-12+. The Hall–Kier alpha value is -2.15. The third kappa shape index (κ3) is 5.66. The minimum absolute atomic E-state index is 0.179. The highest BCUT2D eigenvalue weighted by Crippen LogP contribution is 2.21. The van der Waals surface area contributed by atoms with Crippen molar-refractivity contribution >= 4 is 41.0 Å². The molecule has 1 saturated heterocycles. The number of hydrazone groups is 1. The quantitative estimate of drug-likeness (QED) is 0.609. The van der Waals surface area contributed by atoms with Gasteiger partial charge in [0.25, 0.3) is 5.91 Å². The smallest absolute Gasteiger partial charge is 0.254 e. The molecule has 5 nitrogen and oxygen atoms in total. The number of carbonyl (C=O) groups is 1. The van der Waals surface area contributed by atoms with Crippen molar-refractivity contribution in [3.63, 3.8) is 0 Å². The van der Waals surface area contributed by atoms with E-state index in [4.69, 9.17) is 23.2 Å². The fourth-order valence-electron chi connectivity index (χ4n) is 2.83. The fourth-order valence-corrected chi connectivity index (χ4v) is 3.13. The van der Waals surface area contributed by atoms with Gasteiger partial charge >= 0.3 is 0 Å². The average molecular weight is 409 g/mol. The van der Waals surface area contributed by atoms with E-state index < -0.39 is 0 Å². The van der Waals surface area contributed by atoms with Crippen LogP contribution in [0.4, 0.5) is 10.1 Å². The molecule has 3 rings (SSSR count). The molecule has 0 spiro atoms. The van der Waals surface area contributed by atoms with Gasteiger partial charge in [0, 0.05) is 31.9 Å². The number of nitrogens with one attached hydrogen (secondary N) is 1. The fraction of sp³-hybridized carbons (Fsp3) is 0.263. The number of halogens is 3. The van der Waals surface area contributed by atoms with E-state index in [-0.39, 0.29) is 18.3 Å². The van der Waals surface area contributed by atoms with E-state index in [0.717, 1.165) is 37.4 Å². The van der Waals surface area contributed by atoms with Crippen LogP contribution in [0.25, 0.3) is 0 Å². The first-order chi connectivity index (χ1) is 13.0. The second-order valence-electron chi connectivity index (χ2n) is 6.21. The number of piperazine rings is 1. The van der Waals surface area contributed by atoms with Gasteiger partial charge in [0.15, 0.2) is 0 Å². The predicted molar refractivity (Wildman–Crippen MR) is 107 cm³/mol. The molecule has 0 atom stereocenters. The van der Waals surface area contributed by atoms with Crippen molar-refractivity contribution in [3.8, 4) is 0 Å². The summed E-state index contributed by atoms with van der Waals surface area (Å²) in [7, 11) is 0. The van der Waals surface area contributed by atoms with E-state index in [0.29, 0.717) is 10.0 Å². The van der Waals surface area contributed by atoms with Crippen LogP contribution >= 0.6 is 23.2 Å². The highest BCUT2D eigenvalue weighted by molar-refractivity contribution is 6.42. The van der Waals surface area contributed by atoms with Crippen LogP contribution in [0.1, 0.15) is 5.56 Å². The lowest BCUT2D eigenvalue weighted by Gasteiger charge is -2.35. The molecule has 0 aromatic heterocycles. The maximum atomic E-state index is 13.0. The summed E-state index contributed by atoms with van der Waals surface area (Å²) in [5.74, 6) is -0.419. The first-order valence-electron chi connectivity index (χ1n) is 8.51. The monoisotopic (exact) mass is 408 g/mol. The third-order valence-corrected chi connectivity index (χ3v) is 5.02. The lowest BCUT2D eigenvalue weighted by Crippen LogP contribution is -2.49. The molecule has 1 aliphatic heterocycles. The first kappa shape index (κ1) is 19.6. The van der Waals surface area contributed by atoms with Crippen LogP contribution in [0.3, 0.4) is 0 Å². The van der Waals surface area contributed by atoms with E-state index in [1.807, 2.05) is 0 Å². The third-order valence-electron chi connectivity index (χ3n) is 4.28. The van der Waals surface area contributed by atoms with Gasteiger partial charge in [0.2, 0.25) is 0 Å². The summed E-state index contributed by atoms with van der Waals surface area (Å²) in [6, 6.07) is 11.6. The van der Waals surface area contributed by atoms with Crippen molar-refractivity contribution in [1.29, 1.82) is 0 Å². The molecule has 1 heterocycles. The van der Waals surface area contributed by atoms with Crippen molar-refractivity contribution in [2.75, 3.05) is 37.6 Å². The summed E-state index contributed by atoms with van der Waals surface area (Å²) < 4.78 is 13.0. The molecule has 0 radical (unpaired) electrons. The van der Waals surface area contributed by atoms with Crippen LogP contribution in [0.5, 0.6) is 0 Å². The van der Waals surface area contributed by atoms with Gasteiger partial charge in [0.05, 0.1) is 22.8 Å². The SMILES string of the molecule is O=C(CN1CCN(c2ccc(F)cc2)CC1)N/N=C/c1ccc(Cl)c(Cl)c1. The molecule has 0 aliphatic carbocycles. The number of carbonyl (C=O) groups excluding carboxylic acids is 1. The normalized spacial score (nSPS) is 15.3. The Bertz CT molecular complexity index is 821. The second-order valence-corrected chi connectivity index (χ2v) is 7.02. The number of amides is 1. The Balaban J connectivity index is 1.43. The molecule has 27 heavy (non-hydrogen) atoms. The van der Waals surface area contributed by atoms with E-state index in [1.54, 1.807) is 30.3 Å². The molecular formula is C19H19Cl2FN4O. The summed E-state index contributed by atoms with van der Waals surface area (Å²) in [4.78, 5) is 16.3. The zero-order valence-corrected chi connectivity index (χ0v) is 16.0. The van der Waals surface area contributed by atoms with Gasteiger partial charge in [-0.25, -0.2) is 9.82 Å². The molecule has 0 saturated carbocycles.